The molecule has 0 amide bonds. The van der Waals surface area contributed by atoms with Crippen molar-refractivity contribution in [2.24, 2.45) is 11.8 Å². The smallest absolute Gasteiger partial charge is 0.248 e. The maximum atomic E-state index is 14.0. The minimum Gasteiger partial charge on any atom is -0.271 e. The van der Waals surface area contributed by atoms with Crippen molar-refractivity contribution < 1.29 is 17.6 Å². The van der Waals surface area contributed by atoms with Gasteiger partial charge in [0.2, 0.25) is 5.92 Å². The molecule has 1 fully saturated rings. The van der Waals surface area contributed by atoms with Crippen molar-refractivity contribution in [1.29, 1.82) is 0 Å². The standard InChI is InChI=1S/C14H17BrF4N2/c15-10-1-2-11(16)9(13(10)17)7-12(21-20)8-3-5-14(18,19)6-4-8/h1-2,8,12,21H,3-7,20H2. The minimum absolute atomic E-state index is 0.0316. The second-order valence-electron chi connectivity index (χ2n) is 5.49. The van der Waals surface area contributed by atoms with Gasteiger partial charge in [-0.25, -0.2) is 17.6 Å². The molecule has 2 rings (SSSR count). The largest absolute Gasteiger partial charge is 0.271 e. The van der Waals surface area contributed by atoms with E-state index < -0.39 is 23.6 Å². The van der Waals surface area contributed by atoms with Crippen molar-refractivity contribution in [3.63, 3.8) is 0 Å². The third-order valence-electron chi connectivity index (χ3n) is 4.11. The molecular weight excluding hydrogens is 352 g/mol. The summed E-state index contributed by atoms with van der Waals surface area (Å²) in [5, 5.41) is 0. The Labute approximate surface area is 129 Å². The summed E-state index contributed by atoms with van der Waals surface area (Å²) in [7, 11) is 0. The number of hydrazine groups is 1. The van der Waals surface area contributed by atoms with Gasteiger partial charge in [-0.3, -0.25) is 11.3 Å². The number of nitrogens with two attached hydrogens (primary N) is 1. The van der Waals surface area contributed by atoms with Gasteiger partial charge in [0.1, 0.15) is 11.6 Å². The number of benzene rings is 1. The average Bonchev–Trinajstić information content (AvgIpc) is 2.44. The zero-order chi connectivity index (χ0) is 15.6. The predicted molar refractivity (Wildman–Crippen MR) is 75.8 cm³/mol. The van der Waals surface area contributed by atoms with Crippen molar-refractivity contribution >= 4 is 15.9 Å². The molecule has 0 aromatic heterocycles. The Morgan fingerprint density at radius 2 is 1.90 bits per heavy atom. The zero-order valence-corrected chi connectivity index (χ0v) is 12.9. The van der Waals surface area contributed by atoms with Gasteiger partial charge >= 0.3 is 0 Å². The number of hydrogen-bond acceptors (Lipinski definition) is 2. The van der Waals surface area contributed by atoms with Crippen LogP contribution in [0.15, 0.2) is 16.6 Å². The first-order valence-electron chi connectivity index (χ1n) is 6.80. The van der Waals surface area contributed by atoms with E-state index in [4.69, 9.17) is 5.84 Å². The van der Waals surface area contributed by atoms with Gasteiger partial charge in [-0.1, -0.05) is 0 Å². The molecular formula is C14H17BrF4N2. The van der Waals surface area contributed by atoms with Gasteiger partial charge in [0, 0.05) is 24.4 Å². The molecule has 1 aliphatic rings. The summed E-state index contributed by atoms with van der Waals surface area (Å²) in [6.07, 6.45) is 0.195. The molecule has 2 nitrogen and oxygen atoms in total. The Balaban J connectivity index is 2.12. The lowest BCUT2D eigenvalue weighted by molar-refractivity contribution is -0.0496. The molecule has 21 heavy (non-hydrogen) atoms. The highest BCUT2D eigenvalue weighted by Gasteiger charge is 2.37. The van der Waals surface area contributed by atoms with E-state index in [0.717, 1.165) is 0 Å². The van der Waals surface area contributed by atoms with Crippen molar-refractivity contribution in [2.75, 3.05) is 0 Å². The van der Waals surface area contributed by atoms with Crippen molar-refractivity contribution in [2.45, 2.75) is 44.1 Å². The van der Waals surface area contributed by atoms with Crippen LogP contribution in [0.25, 0.3) is 0 Å². The average molecular weight is 369 g/mol. The fourth-order valence-corrected chi connectivity index (χ4v) is 3.17. The second kappa shape index (κ2) is 6.62. The highest BCUT2D eigenvalue weighted by Crippen LogP contribution is 2.38. The second-order valence-corrected chi connectivity index (χ2v) is 6.35. The highest BCUT2D eigenvalue weighted by molar-refractivity contribution is 9.10. The number of alkyl halides is 2. The van der Waals surface area contributed by atoms with E-state index in [1.165, 1.54) is 12.1 Å². The van der Waals surface area contributed by atoms with E-state index in [2.05, 4.69) is 21.4 Å². The third-order valence-corrected chi connectivity index (χ3v) is 4.72. The molecule has 0 aliphatic heterocycles. The first-order valence-corrected chi connectivity index (χ1v) is 7.59. The molecule has 1 atom stereocenters. The van der Waals surface area contributed by atoms with E-state index in [1.807, 2.05) is 0 Å². The van der Waals surface area contributed by atoms with Gasteiger partial charge in [-0.15, -0.1) is 0 Å². The minimum atomic E-state index is -2.64. The van der Waals surface area contributed by atoms with Gasteiger partial charge in [0.05, 0.1) is 4.47 Å². The molecule has 1 aromatic rings. The summed E-state index contributed by atoms with van der Waals surface area (Å²) in [5.74, 6) is 1.38. The Morgan fingerprint density at radius 3 is 2.48 bits per heavy atom. The summed E-state index contributed by atoms with van der Waals surface area (Å²) in [4.78, 5) is 0. The molecule has 1 saturated carbocycles. The van der Waals surface area contributed by atoms with E-state index >= 15 is 0 Å². The molecule has 1 aromatic carbocycles. The van der Waals surface area contributed by atoms with Crippen molar-refractivity contribution in [1.82, 2.24) is 5.43 Å². The summed E-state index contributed by atoms with van der Waals surface area (Å²) >= 11 is 3.01. The van der Waals surface area contributed by atoms with Crippen molar-refractivity contribution in [3.05, 3.63) is 33.8 Å². The van der Waals surface area contributed by atoms with Gasteiger partial charge in [-0.2, -0.15) is 0 Å². The lowest BCUT2D eigenvalue weighted by atomic mass is 9.80. The van der Waals surface area contributed by atoms with Crippen LogP contribution < -0.4 is 11.3 Å². The van der Waals surface area contributed by atoms with E-state index in [1.54, 1.807) is 0 Å². The predicted octanol–water partition coefficient (Wildman–Crippen LogP) is 3.93. The van der Waals surface area contributed by atoms with Crippen LogP contribution in [-0.2, 0) is 6.42 Å². The van der Waals surface area contributed by atoms with Crippen LogP contribution in [-0.4, -0.2) is 12.0 Å². The molecule has 0 heterocycles. The maximum absolute atomic E-state index is 14.0. The van der Waals surface area contributed by atoms with Crippen LogP contribution in [0.4, 0.5) is 17.6 Å². The number of rotatable bonds is 4. The molecule has 7 heteroatoms. The summed E-state index contributed by atoms with van der Waals surface area (Å²) in [6, 6.07) is 2.03. The van der Waals surface area contributed by atoms with Gasteiger partial charge in [0.15, 0.2) is 0 Å². The maximum Gasteiger partial charge on any atom is 0.248 e. The molecule has 0 radical (unpaired) electrons. The van der Waals surface area contributed by atoms with E-state index in [9.17, 15) is 17.6 Å². The summed E-state index contributed by atoms with van der Waals surface area (Å²) in [5.41, 5.74) is 2.45. The fourth-order valence-electron chi connectivity index (χ4n) is 2.80. The summed E-state index contributed by atoms with van der Waals surface area (Å²) < 4.78 is 54.3. The highest BCUT2D eigenvalue weighted by atomic mass is 79.9. The van der Waals surface area contributed by atoms with Crippen LogP contribution in [0.1, 0.15) is 31.2 Å². The van der Waals surface area contributed by atoms with E-state index in [-0.39, 0.29) is 35.2 Å². The third kappa shape index (κ3) is 3.96. The van der Waals surface area contributed by atoms with Gasteiger partial charge < -0.3 is 0 Å². The number of halogens is 5. The van der Waals surface area contributed by atoms with Crippen LogP contribution in [0, 0.1) is 17.6 Å². The lowest BCUT2D eigenvalue weighted by Gasteiger charge is -2.33. The van der Waals surface area contributed by atoms with Gasteiger partial charge in [-0.05, 0) is 53.2 Å². The molecule has 0 saturated heterocycles. The number of hydrogen-bond donors (Lipinski definition) is 2. The van der Waals surface area contributed by atoms with Crippen LogP contribution in [0.2, 0.25) is 0 Å². The molecule has 1 aliphatic carbocycles. The lowest BCUT2D eigenvalue weighted by Crippen LogP contribution is -2.45. The molecule has 3 N–H and O–H groups in total. The Kier molecular flexibility index (Phi) is 5.27. The molecule has 118 valence electrons. The van der Waals surface area contributed by atoms with Gasteiger partial charge in [0.25, 0.3) is 0 Å². The zero-order valence-electron chi connectivity index (χ0n) is 11.3. The normalized spacial score (nSPS) is 20.5. The Hall–Kier alpha value is -0.660. The topological polar surface area (TPSA) is 38.0 Å². The summed E-state index contributed by atoms with van der Waals surface area (Å²) in [6.45, 7) is 0. The monoisotopic (exact) mass is 368 g/mol. The van der Waals surface area contributed by atoms with E-state index in [0.29, 0.717) is 12.8 Å². The SMILES string of the molecule is NNC(Cc1c(F)ccc(Br)c1F)C1CCC(F)(F)CC1. The molecule has 0 bridgehead atoms. The Morgan fingerprint density at radius 1 is 1.29 bits per heavy atom. The van der Waals surface area contributed by atoms with Crippen LogP contribution >= 0.6 is 15.9 Å². The fraction of sp³-hybridized carbons (Fsp3) is 0.571. The molecule has 1 unspecified atom stereocenters. The number of nitrogens with one attached hydrogen (secondary N) is 1. The Bertz CT molecular complexity index is 500. The van der Waals surface area contributed by atoms with Crippen molar-refractivity contribution in [3.8, 4) is 0 Å². The van der Waals surface area contributed by atoms with Crippen LogP contribution in [0.5, 0.6) is 0 Å². The quantitative estimate of drug-likeness (QED) is 0.365. The molecule has 0 spiro atoms. The first kappa shape index (κ1) is 16.7. The first-order chi connectivity index (χ1) is 9.84. The van der Waals surface area contributed by atoms with Crippen LogP contribution in [0.3, 0.4) is 0 Å².